The van der Waals surface area contributed by atoms with E-state index < -0.39 is 5.91 Å². The fourth-order valence-electron chi connectivity index (χ4n) is 2.73. The van der Waals surface area contributed by atoms with Crippen molar-refractivity contribution in [2.24, 2.45) is 0 Å². The number of hydrogen-bond acceptors (Lipinski definition) is 7. The number of carbonyl (C=O) groups is 1. The van der Waals surface area contributed by atoms with Crippen molar-refractivity contribution in [2.45, 2.75) is 0 Å². The van der Waals surface area contributed by atoms with E-state index >= 15 is 0 Å². The molecule has 0 aliphatic heterocycles. The molecule has 0 unspecified atom stereocenters. The van der Waals surface area contributed by atoms with E-state index in [1.54, 1.807) is 12.4 Å². The molecule has 0 fully saturated rings. The van der Waals surface area contributed by atoms with E-state index in [4.69, 9.17) is 17.0 Å². The Morgan fingerprint density at radius 1 is 1.13 bits per heavy atom. The highest BCUT2D eigenvalue weighted by molar-refractivity contribution is 6.32. The molecule has 0 atom stereocenters. The molecule has 10 heteroatoms. The van der Waals surface area contributed by atoms with Crippen LogP contribution < -0.4 is 10.6 Å². The van der Waals surface area contributed by atoms with Crippen molar-refractivity contribution < 1.29 is 4.79 Å². The van der Waals surface area contributed by atoms with E-state index in [2.05, 4.69) is 30.8 Å². The Morgan fingerprint density at radius 3 is 2.70 bits per heavy atom. The monoisotopic (exact) mass is 418 g/mol. The predicted molar refractivity (Wildman–Crippen MR) is 115 cm³/mol. The van der Waals surface area contributed by atoms with Crippen molar-refractivity contribution in [3.63, 3.8) is 0 Å². The first-order valence-electron chi connectivity index (χ1n) is 8.79. The van der Waals surface area contributed by atoms with Gasteiger partial charge in [0.25, 0.3) is 5.91 Å². The van der Waals surface area contributed by atoms with E-state index in [9.17, 15) is 4.79 Å². The number of amides is 1. The summed E-state index contributed by atoms with van der Waals surface area (Å²) < 4.78 is 0. The van der Waals surface area contributed by atoms with Crippen LogP contribution in [-0.4, -0.2) is 37.1 Å². The molecule has 4 aromatic rings. The summed E-state index contributed by atoms with van der Waals surface area (Å²) in [6.45, 7) is 0. The molecule has 3 aromatic heterocycles. The van der Waals surface area contributed by atoms with Crippen LogP contribution in [-0.2, 0) is 4.79 Å². The zero-order chi connectivity index (χ0) is 20.9. The number of rotatable bonds is 6. The molecule has 0 aliphatic rings. The minimum atomic E-state index is -0.492. The lowest BCUT2D eigenvalue weighted by Gasteiger charge is -2.09. The second-order valence-electron chi connectivity index (χ2n) is 6.10. The summed E-state index contributed by atoms with van der Waals surface area (Å²) in [4.78, 5) is 22.2. The molecule has 0 spiro atoms. The van der Waals surface area contributed by atoms with Gasteiger partial charge in [-0.25, -0.2) is 4.98 Å². The molecule has 3 heterocycles. The van der Waals surface area contributed by atoms with E-state index in [1.165, 1.54) is 35.7 Å². The third-order valence-electron chi connectivity index (χ3n) is 4.16. The van der Waals surface area contributed by atoms with E-state index in [0.717, 1.165) is 22.7 Å². The molecule has 3 N–H and O–H groups in total. The van der Waals surface area contributed by atoms with Gasteiger partial charge >= 0.3 is 0 Å². The zero-order valence-corrected chi connectivity index (χ0v) is 16.2. The van der Waals surface area contributed by atoms with Gasteiger partial charge < -0.3 is 16.0 Å². The highest BCUT2D eigenvalue weighted by atomic mass is 35.5. The standard InChI is InChI=1S/C20H15ClN8O/c21-17-7-15(11-25-19(17)29-26-5-6-27-29)28-20(30)14(8-22)10-24-18-12-23-9-13-3-1-2-4-16(13)18/h1-12,22,24H,(H,28,30)/b14-10+,22-8?. The zero-order valence-electron chi connectivity index (χ0n) is 15.5. The fourth-order valence-corrected chi connectivity index (χ4v) is 2.98. The highest BCUT2D eigenvalue weighted by Gasteiger charge is 2.12. The Labute approximate surface area is 175 Å². The Morgan fingerprint density at radius 2 is 1.93 bits per heavy atom. The van der Waals surface area contributed by atoms with Gasteiger partial charge in [0.1, 0.15) is 0 Å². The van der Waals surface area contributed by atoms with Crippen LogP contribution in [0.4, 0.5) is 11.4 Å². The second-order valence-corrected chi connectivity index (χ2v) is 6.51. The Kier molecular flexibility index (Phi) is 5.44. The van der Waals surface area contributed by atoms with Crippen LogP contribution in [0.3, 0.4) is 0 Å². The summed E-state index contributed by atoms with van der Waals surface area (Å²) >= 11 is 6.22. The first kappa shape index (κ1) is 19.2. The molecule has 1 aromatic carbocycles. The van der Waals surface area contributed by atoms with Gasteiger partial charge in [0.2, 0.25) is 0 Å². The van der Waals surface area contributed by atoms with Gasteiger partial charge in [-0.1, -0.05) is 35.9 Å². The number of pyridine rings is 2. The molecular formula is C20H15ClN8O. The van der Waals surface area contributed by atoms with Crippen LogP contribution in [0.1, 0.15) is 0 Å². The summed E-state index contributed by atoms with van der Waals surface area (Å²) in [5, 5.41) is 23.4. The fraction of sp³-hybridized carbons (Fsp3) is 0. The summed E-state index contributed by atoms with van der Waals surface area (Å²) in [7, 11) is 0. The number of aromatic nitrogens is 5. The lowest BCUT2D eigenvalue weighted by molar-refractivity contribution is -0.112. The van der Waals surface area contributed by atoms with Gasteiger partial charge in [-0.15, -0.1) is 4.80 Å². The summed E-state index contributed by atoms with van der Waals surface area (Å²) in [5.74, 6) is -0.152. The molecular weight excluding hydrogens is 404 g/mol. The molecule has 0 aliphatic carbocycles. The maximum atomic E-state index is 12.6. The Hall–Kier alpha value is -4.11. The minimum absolute atomic E-state index is 0.108. The number of hydrogen-bond donors (Lipinski definition) is 3. The van der Waals surface area contributed by atoms with E-state index in [1.807, 2.05) is 24.3 Å². The molecule has 1 amide bonds. The highest BCUT2D eigenvalue weighted by Crippen LogP contribution is 2.22. The van der Waals surface area contributed by atoms with Crippen LogP contribution in [0.25, 0.3) is 16.6 Å². The molecule has 30 heavy (non-hydrogen) atoms. The number of fused-ring (bicyclic) bond motifs is 1. The van der Waals surface area contributed by atoms with Crippen molar-refractivity contribution in [1.29, 1.82) is 5.41 Å². The van der Waals surface area contributed by atoms with Crippen LogP contribution in [0, 0.1) is 5.41 Å². The van der Waals surface area contributed by atoms with Gasteiger partial charge in [-0.3, -0.25) is 9.78 Å². The Balaban J connectivity index is 1.51. The number of benzene rings is 1. The van der Waals surface area contributed by atoms with Crippen molar-refractivity contribution in [3.05, 3.63) is 78.1 Å². The third-order valence-corrected chi connectivity index (χ3v) is 4.44. The number of nitrogens with one attached hydrogen (secondary N) is 3. The van der Waals surface area contributed by atoms with Gasteiger partial charge in [0.05, 0.1) is 46.8 Å². The van der Waals surface area contributed by atoms with Crippen LogP contribution in [0.2, 0.25) is 5.02 Å². The minimum Gasteiger partial charge on any atom is -0.359 e. The molecule has 148 valence electrons. The number of carbonyl (C=O) groups excluding carboxylic acids is 1. The van der Waals surface area contributed by atoms with E-state index in [0.29, 0.717) is 11.5 Å². The smallest absolute Gasteiger partial charge is 0.258 e. The van der Waals surface area contributed by atoms with Gasteiger partial charge in [0.15, 0.2) is 5.82 Å². The maximum absolute atomic E-state index is 12.6. The lowest BCUT2D eigenvalue weighted by atomic mass is 10.1. The molecule has 0 saturated carbocycles. The summed E-state index contributed by atoms with van der Waals surface area (Å²) in [6.07, 6.45) is 10.3. The number of nitrogens with zero attached hydrogens (tertiary/aromatic N) is 5. The Bertz CT molecular complexity index is 1250. The molecule has 0 radical (unpaired) electrons. The van der Waals surface area contributed by atoms with E-state index in [-0.39, 0.29) is 10.6 Å². The van der Waals surface area contributed by atoms with Gasteiger partial charge in [-0.05, 0) is 6.07 Å². The molecule has 0 bridgehead atoms. The van der Waals surface area contributed by atoms with Crippen molar-refractivity contribution >= 4 is 45.9 Å². The predicted octanol–water partition coefficient (Wildman–Crippen LogP) is 3.45. The van der Waals surface area contributed by atoms with Crippen LogP contribution >= 0.6 is 11.6 Å². The third kappa shape index (κ3) is 4.01. The first-order valence-corrected chi connectivity index (χ1v) is 9.17. The number of halogens is 1. The van der Waals surface area contributed by atoms with Crippen molar-refractivity contribution in [3.8, 4) is 5.82 Å². The maximum Gasteiger partial charge on any atom is 0.258 e. The van der Waals surface area contributed by atoms with Gasteiger partial charge in [-0.2, -0.15) is 10.2 Å². The largest absolute Gasteiger partial charge is 0.359 e. The lowest BCUT2D eigenvalue weighted by Crippen LogP contribution is -2.16. The topological polar surface area (TPSA) is 121 Å². The quantitative estimate of drug-likeness (QED) is 0.325. The molecule has 0 saturated heterocycles. The van der Waals surface area contributed by atoms with Crippen LogP contribution in [0.15, 0.2) is 73.1 Å². The normalized spacial score (nSPS) is 11.3. The SMILES string of the molecule is N=C/C(=C\Nc1cncc2ccccc12)C(=O)Nc1cnc(-n2nccn2)c(Cl)c1. The second kappa shape index (κ2) is 8.50. The average molecular weight is 419 g/mol. The van der Waals surface area contributed by atoms with Gasteiger partial charge in [0, 0.05) is 29.4 Å². The molecule has 9 nitrogen and oxygen atoms in total. The molecule has 4 rings (SSSR count). The van der Waals surface area contributed by atoms with Crippen molar-refractivity contribution in [1.82, 2.24) is 25.0 Å². The van der Waals surface area contributed by atoms with Crippen LogP contribution in [0.5, 0.6) is 0 Å². The van der Waals surface area contributed by atoms with Crippen molar-refractivity contribution in [2.75, 3.05) is 10.6 Å². The summed E-state index contributed by atoms with van der Waals surface area (Å²) in [6, 6.07) is 9.27. The summed E-state index contributed by atoms with van der Waals surface area (Å²) in [5.41, 5.74) is 1.21. The first-order chi connectivity index (χ1) is 14.7. The average Bonchev–Trinajstić information content (AvgIpc) is 3.29. The number of anilines is 2.